The number of para-hydroxylation sites is 2. The smallest absolute Gasteiger partial charge is 0.319 e. The number of carbonyl (C=O) groups excluding carboxylic acids is 1. The van der Waals surface area contributed by atoms with Crippen molar-refractivity contribution in [3.8, 4) is 17.2 Å². The van der Waals surface area contributed by atoms with E-state index in [2.05, 4.69) is 10.6 Å². The van der Waals surface area contributed by atoms with Crippen LogP contribution < -0.4 is 24.8 Å². The Balaban J connectivity index is 1.48. The third-order valence-corrected chi connectivity index (χ3v) is 3.84. The van der Waals surface area contributed by atoms with Crippen LogP contribution in [0.15, 0.2) is 42.5 Å². The van der Waals surface area contributed by atoms with E-state index in [1.807, 2.05) is 12.1 Å². The summed E-state index contributed by atoms with van der Waals surface area (Å²) in [5.74, 6) is 1.88. The molecule has 1 aliphatic rings. The molecule has 0 bridgehead atoms. The van der Waals surface area contributed by atoms with Crippen LogP contribution in [0.3, 0.4) is 0 Å². The molecule has 1 aliphatic heterocycles. The zero-order valence-corrected chi connectivity index (χ0v) is 13.8. The lowest BCUT2D eigenvalue weighted by Gasteiger charge is -2.13. The lowest BCUT2D eigenvalue weighted by Crippen LogP contribution is -2.30. The number of carbonyl (C=O) groups is 1. The summed E-state index contributed by atoms with van der Waals surface area (Å²) < 4.78 is 15.7. The van der Waals surface area contributed by atoms with E-state index >= 15 is 0 Å². The number of aliphatic hydroxyl groups excluding tert-OH is 1. The van der Waals surface area contributed by atoms with Gasteiger partial charge in [0.15, 0.2) is 11.5 Å². The van der Waals surface area contributed by atoms with Gasteiger partial charge >= 0.3 is 6.03 Å². The van der Waals surface area contributed by atoms with Crippen LogP contribution in [0.4, 0.5) is 10.5 Å². The van der Waals surface area contributed by atoms with E-state index < -0.39 is 6.10 Å². The van der Waals surface area contributed by atoms with Crippen molar-refractivity contribution < 1.29 is 24.1 Å². The molecule has 1 atom stereocenters. The number of rotatable bonds is 6. The Morgan fingerprint density at radius 3 is 2.88 bits per heavy atom. The molecule has 0 aromatic heterocycles. The maximum absolute atomic E-state index is 12.0. The standard InChI is InChI=1S/C18H20N2O5/c1-23-15-5-3-2-4-13(15)20-18(22)19-9-8-14(21)12-6-7-16-17(10-12)25-11-24-16/h2-7,10,14,21H,8-9,11H2,1H3,(H2,19,20,22)/t14-/m1/s1. The highest BCUT2D eigenvalue weighted by atomic mass is 16.7. The van der Waals surface area contributed by atoms with Crippen molar-refractivity contribution in [3.05, 3.63) is 48.0 Å². The number of aliphatic hydroxyl groups is 1. The first-order chi connectivity index (χ1) is 12.2. The summed E-state index contributed by atoms with van der Waals surface area (Å²) in [6.07, 6.45) is -0.333. The largest absolute Gasteiger partial charge is 0.495 e. The average molecular weight is 344 g/mol. The van der Waals surface area contributed by atoms with Crippen LogP contribution >= 0.6 is 0 Å². The Morgan fingerprint density at radius 1 is 1.24 bits per heavy atom. The van der Waals surface area contributed by atoms with Crippen LogP contribution in [0, 0.1) is 0 Å². The third kappa shape index (κ3) is 4.13. The highest BCUT2D eigenvalue weighted by molar-refractivity contribution is 5.90. The first kappa shape index (κ1) is 16.9. The molecule has 2 amide bonds. The van der Waals surface area contributed by atoms with E-state index in [0.717, 1.165) is 5.56 Å². The number of fused-ring (bicyclic) bond motifs is 1. The molecule has 0 aliphatic carbocycles. The molecule has 3 N–H and O–H groups in total. The van der Waals surface area contributed by atoms with Gasteiger partial charge in [-0.1, -0.05) is 18.2 Å². The minimum Gasteiger partial charge on any atom is -0.495 e. The van der Waals surface area contributed by atoms with Gasteiger partial charge in [-0.25, -0.2) is 4.79 Å². The van der Waals surface area contributed by atoms with Gasteiger partial charge in [0.1, 0.15) is 5.75 Å². The Hall–Kier alpha value is -2.93. The normalized spacial score (nSPS) is 13.2. The fraction of sp³-hybridized carbons (Fsp3) is 0.278. The summed E-state index contributed by atoms with van der Waals surface area (Å²) in [4.78, 5) is 12.0. The van der Waals surface area contributed by atoms with Gasteiger partial charge in [0.05, 0.1) is 18.9 Å². The summed E-state index contributed by atoms with van der Waals surface area (Å²) in [7, 11) is 1.54. The lowest BCUT2D eigenvalue weighted by atomic mass is 10.1. The quantitative estimate of drug-likeness (QED) is 0.750. The van der Waals surface area contributed by atoms with Gasteiger partial charge in [0.2, 0.25) is 6.79 Å². The third-order valence-electron chi connectivity index (χ3n) is 3.84. The van der Waals surface area contributed by atoms with Gasteiger partial charge in [0, 0.05) is 6.54 Å². The summed E-state index contributed by atoms with van der Waals surface area (Å²) >= 11 is 0. The summed E-state index contributed by atoms with van der Waals surface area (Å²) in [6, 6.07) is 12.1. The molecule has 3 rings (SSSR count). The number of hydrogen-bond donors (Lipinski definition) is 3. The SMILES string of the molecule is COc1ccccc1NC(=O)NCC[C@@H](O)c1ccc2c(c1)OCO2. The van der Waals surface area contributed by atoms with Gasteiger partial charge in [-0.15, -0.1) is 0 Å². The van der Waals surface area contributed by atoms with Crippen molar-refractivity contribution in [1.82, 2.24) is 5.32 Å². The van der Waals surface area contributed by atoms with E-state index in [9.17, 15) is 9.90 Å². The van der Waals surface area contributed by atoms with E-state index in [1.165, 1.54) is 0 Å². The van der Waals surface area contributed by atoms with Gasteiger partial charge in [-0.3, -0.25) is 0 Å². The van der Waals surface area contributed by atoms with E-state index in [-0.39, 0.29) is 12.8 Å². The molecule has 0 spiro atoms. The van der Waals surface area contributed by atoms with Crippen LogP contribution in [-0.2, 0) is 0 Å². The molecule has 132 valence electrons. The fourth-order valence-corrected chi connectivity index (χ4v) is 2.52. The summed E-state index contributed by atoms with van der Waals surface area (Å²) in [5.41, 5.74) is 1.30. The summed E-state index contributed by atoms with van der Waals surface area (Å²) in [5, 5.41) is 15.7. The minimum absolute atomic E-state index is 0.194. The first-order valence-corrected chi connectivity index (χ1v) is 7.93. The second-order valence-electron chi connectivity index (χ2n) is 5.50. The van der Waals surface area contributed by atoms with E-state index in [4.69, 9.17) is 14.2 Å². The van der Waals surface area contributed by atoms with Gasteiger partial charge < -0.3 is 30.0 Å². The maximum atomic E-state index is 12.0. The molecule has 1 heterocycles. The van der Waals surface area contributed by atoms with Gasteiger partial charge in [0.25, 0.3) is 0 Å². The minimum atomic E-state index is -0.707. The number of amides is 2. The molecule has 0 saturated heterocycles. The van der Waals surface area contributed by atoms with Crippen molar-refractivity contribution in [1.29, 1.82) is 0 Å². The van der Waals surface area contributed by atoms with Crippen LogP contribution in [0.25, 0.3) is 0 Å². The Morgan fingerprint density at radius 2 is 2.04 bits per heavy atom. The first-order valence-electron chi connectivity index (χ1n) is 7.93. The average Bonchev–Trinajstić information content (AvgIpc) is 3.09. The molecule has 0 radical (unpaired) electrons. The number of nitrogens with one attached hydrogen (secondary N) is 2. The van der Waals surface area contributed by atoms with Crippen molar-refractivity contribution in [3.63, 3.8) is 0 Å². The Kier molecular flexibility index (Phi) is 5.25. The van der Waals surface area contributed by atoms with Crippen molar-refractivity contribution in [2.75, 3.05) is 25.8 Å². The van der Waals surface area contributed by atoms with Crippen molar-refractivity contribution >= 4 is 11.7 Å². The number of ether oxygens (including phenoxy) is 3. The second-order valence-corrected chi connectivity index (χ2v) is 5.50. The van der Waals surface area contributed by atoms with E-state index in [1.54, 1.807) is 37.4 Å². The molecule has 2 aromatic rings. The Labute approximate surface area is 145 Å². The van der Waals surface area contributed by atoms with Crippen LogP contribution in [-0.4, -0.2) is 31.6 Å². The molecule has 0 unspecified atom stereocenters. The maximum Gasteiger partial charge on any atom is 0.319 e. The highest BCUT2D eigenvalue weighted by Crippen LogP contribution is 2.34. The van der Waals surface area contributed by atoms with Crippen LogP contribution in [0.5, 0.6) is 17.2 Å². The van der Waals surface area contributed by atoms with Crippen molar-refractivity contribution in [2.45, 2.75) is 12.5 Å². The molecular weight excluding hydrogens is 324 g/mol. The second kappa shape index (κ2) is 7.76. The molecule has 0 fully saturated rings. The van der Waals surface area contributed by atoms with Gasteiger partial charge in [-0.2, -0.15) is 0 Å². The zero-order valence-electron chi connectivity index (χ0n) is 13.8. The Bertz CT molecular complexity index is 750. The number of benzene rings is 2. The predicted octanol–water partition coefficient (Wildman–Crippen LogP) is 2.67. The summed E-state index contributed by atoms with van der Waals surface area (Å²) in [6.45, 7) is 0.510. The molecule has 2 aromatic carbocycles. The molecule has 7 heteroatoms. The molecule has 0 saturated carbocycles. The number of anilines is 1. The topological polar surface area (TPSA) is 89.1 Å². The molecule has 7 nitrogen and oxygen atoms in total. The van der Waals surface area contributed by atoms with E-state index in [0.29, 0.717) is 35.9 Å². The van der Waals surface area contributed by atoms with Gasteiger partial charge in [-0.05, 0) is 36.2 Å². The fourth-order valence-electron chi connectivity index (χ4n) is 2.52. The molecular formula is C18H20N2O5. The van der Waals surface area contributed by atoms with Crippen LogP contribution in [0.2, 0.25) is 0 Å². The number of hydrogen-bond acceptors (Lipinski definition) is 5. The number of methoxy groups -OCH3 is 1. The lowest BCUT2D eigenvalue weighted by molar-refractivity contribution is 0.165. The highest BCUT2D eigenvalue weighted by Gasteiger charge is 2.16. The zero-order chi connectivity index (χ0) is 17.6. The molecule has 25 heavy (non-hydrogen) atoms. The number of urea groups is 1. The monoisotopic (exact) mass is 344 g/mol. The van der Waals surface area contributed by atoms with Crippen LogP contribution in [0.1, 0.15) is 18.1 Å². The predicted molar refractivity (Wildman–Crippen MR) is 92.2 cm³/mol. The van der Waals surface area contributed by atoms with Crippen molar-refractivity contribution in [2.24, 2.45) is 0 Å².